The number of likely N-dealkylation sites (tertiary alicyclic amines) is 1. The van der Waals surface area contributed by atoms with Crippen molar-refractivity contribution in [3.8, 4) is 5.75 Å². The van der Waals surface area contributed by atoms with E-state index in [1.54, 1.807) is 0 Å². The van der Waals surface area contributed by atoms with E-state index in [1.165, 1.54) is 0 Å². The number of aliphatic hydroxyl groups is 1. The zero-order valence-corrected chi connectivity index (χ0v) is 11.4. The summed E-state index contributed by atoms with van der Waals surface area (Å²) in [6.07, 6.45) is 0.358. The molecule has 0 spiro atoms. The molecule has 0 saturated carbocycles. The topological polar surface area (TPSA) is 75.8 Å². The standard InChI is InChI=1S/C15H20N2O3/c16-14(19)5-6-17-7-12-11-3-1-2-4-13(11)20-10-15(12,8-17)9-18/h1-4,12,18H,5-10H2,(H2,16,19)/t12-,15-/m1/s1. The van der Waals surface area contributed by atoms with Gasteiger partial charge in [-0.3, -0.25) is 4.79 Å². The fourth-order valence-electron chi connectivity index (χ4n) is 3.41. The molecular formula is C15H20N2O3. The fourth-order valence-corrected chi connectivity index (χ4v) is 3.41. The number of rotatable bonds is 4. The van der Waals surface area contributed by atoms with Crippen LogP contribution in [0.5, 0.6) is 5.75 Å². The molecule has 5 nitrogen and oxygen atoms in total. The lowest BCUT2D eigenvalue weighted by Gasteiger charge is -2.38. The Hall–Kier alpha value is -1.59. The molecule has 0 radical (unpaired) electrons. The lowest BCUT2D eigenvalue weighted by molar-refractivity contribution is -0.118. The molecule has 1 fully saturated rings. The second kappa shape index (κ2) is 5.07. The number of nitrogens with zero attached hydrogens (tertiary/aromatic N) is 1. The summed E-state index contributed by atoms with van der Waals surface area (Å²) in [5.41, 5.74) is 6.12. The average Bonchev–Trinajstić information content (AvgIpc) is 2.85. The van der Waals surface area contributed by atoms with Crippen LogP contribution in [0.2, 0.25) is 0 Å². The van der Waals surface area contributed by atoms with Gasteiger partial charge in [0.05, 0.1) is 13.2 Å². The molecule has 2 atom stereocenters. The third-order valence-electron chi connectivity index (χ3n) is 4.52. The summed E-state index contributed by atoms with van der Waals surface area (Å²) in [7, 11) is 0. The number of ether oxygens (including phenoxy) is 1. The van der Waals surface area contributed by atoms with Gasteiger partial charge in [0.1, 0.15) is 5.75 Å². The largest absolute Gasteiger partial charge is 0.493 e. The van der Waals surface area contributed by atoms with Gasteiger partial charge in [-0.05, 0) is 11.6 Å². The number of fused-ring (bicyclic) bond motifs is 3. The van der Waals surface area contributed by atoms with Gasteiger partial charge < -0.3 is 20.5 Å². The van der Waals surface area contributed by atoms with Crippen LogP contribution >= 0.6 is 0 Å². The van der Waals surface area contributed by atoms with Crippen LogP contribution in [-0.4, -0.2) is 48.8 Å². The minimum Gasteiger partial charge on any atom is -0.493 e. The molecule has 0 unspecified atom stereocenters. The molecule has 2 aliphatic heterocycles. The van der Waals surface area contributed by atoms with E-state index >= 15 is 0 Å². The predicted octanol–water partition coefficient (Wildman–Crippen LogP) is 0.332. The van der Waals surface area contributed by atoms with Crippen molar-refractivity contribution < 1.29 is 14.6 Å². The molecule has 108 valence electrons. The Morgan fingerprint density at radius 2 is 2.30 bits per heavy atom. The van der Waals surface area contributed by atoms with Crippen LogP contribution in [-0.2, 0) is 4.79 Å². The van der Waals surface area contributed by atoms with Crippen molar-refractivity contribution in [3.05, 3.63) is 29.8 Å². The van der Waals surface area contributed by atoms with E-state index in [1.807, 2.05) is 18.2 Å². The van der Waals surface area contributed by atoms with Gasteiger partial charge in [0.15, 0.2) is 0 Å². The van der Waals surface area contributed by atoms with Crippen molar-refractivity contribution in [2.75, 3.05) is 32.8 Å². The minimum absolute atomic E-state index is 0.0963. The highest BCUT2D eigenvalue weighted by Crippen LogP contribution is 2.49. The van der Waals surface area contributed by atoms with Gasteiger partial charge in [0.25, 0.3) is 0 Å². The third kappa shape index (κ3) is 2.17. The fraction of sp³-hybridized carbons (Fsp3) is 0.533. The Balaban J connectivity index is 1.84. The Morgan fingerprint density at radius 1 is 1.50 bits per heavy atom. The van der Waals surface area contributed by atoms with Crippen LogP contribution in [0.4, 0.5) is 0 Å². The van der Waals surface area contributed by atoms with Crippen LogP contribution in [0.25, 0.3) is 0 Å². The molecule has 2 heterocycles. The van der Waals surface area contributed by atoms with E-state index in [4.69, 9.17) is 10.5 Å². The number of aliphatic hydroxyl groups excluding tert-OH is 1. The highest BCUT2D eigenvalue weighted by molar-refractivity contribution is 5.73. The number of benzene rings is 1. The number of para-hydroxylation sites is 1. The summed E-state index contributed by atoms with van der Waals surface area (Å²) in [4.78, 5) is 13.1. The zero-order chi connectivity index (χ0) is 14.2. The van der Waals surface area contributed by atoms with E-state index in [0.29, 0.717) is 19.6 Å². The van der Waals surface area contributed by atoms with Crippen LogP contribution in [0.1, 0.15) is 17.9 Å². The van der Waals surface area contributed by atoms with Crippen molar-refractivity contribution >= 4 is 5.91 Å². The molecule has 0 aromatic heterocycles. The van der Waals surface area contributed by atoms with E-state index in [2.05, 4.69) is 11.0 Å². The summed E-state index contributed by atoms with van der Waals surface area (Å²) < 4.78 is 5.83. The first-order valence-electron chi connectivity index (χ1n) is 6.98. The molecule has 20 heavy (non-hydrogen) atoms. The van der Waals surface area contributed by atoms with Gasteiger partial charge in [-0.1, -0.05) is 18.2 Å². The highest BCUT2D eigenvalue weighted by atomic mass is 16.5. The molecule has 0 aliphatic carbocycles. The summed E-state index contributed by atoms with van der Waals surface area (Å²) in [6, 6.07) is 8.01. The monoisotopic (exact) mass is 276 g/mol. The highest BCUT2D eigenvalue weighted by Gasteiger charge is 2.50. The van der Waals surface area contributed by atoms with E-state index < -0.39 is 0 Å². The first-order chi connectivity index (χ1) is 9.64. The number of amides is 1. The minimum atomic E-state index is -0.283. The first kappa shape index (κ1) is 13.4. The second-order valence-corrected chi connectivity index (χ2v) is 5.85. The Bertz CT molecular complexity index is 520. The van der Waals surface area contributed by atoms with E-state index in [0.717, 1.165) is 24.4 Å². The van der Waals surface area contributed by atoms with Crippen LogP contribution in [0.15, 0.2) is 24.3 Å². The van der Waals surface area contributed by atoms with Crippen molar-refractivity contribution in [2.45, 2.75) is 12.3 Å². The van der Waals surface area contributed by atoms with E-state index in [-0.39, 0.29) is 23.8 Å². The third-order valence-corrected chi connectivity index (χ3v) is 4.52. The van der Waals surface area contributed by atoms with Gasteiger partial charge in [-0.25, -0.2) is 0 Å². The quantitative estimate of drug-likeness (QED) is 0.831. The van der Waals surface area contributed by atoms with Gasteiger partial charge in [-0.2, -0.15) is 0 Å². The van der Waals surface area contributed by atoms with Crippen molar-refractivity contribution in [1.29, 1.82) is 0 Å². The SMILES string of the molecule is NC(=O)CCN1C[C@@H]2c3ccccc3OC[C@]2(CO)C1. The van der Waals surface area contributed by atoms with Crippen molar-refractivity contribution in [1.82, 2.24) is 4.90 Å². The number of hydrogen-bond acceptors (Lipinski definition) is 4. The first-order valence-corrected chi connectivity index (χ1v) is 6.98. The smallest absolute Gasteiger partial charge is 0.218 e. The number of carbonyl (C=O) groups is 1. The molecule has 3 N–H and O–H groups in total. The Morgan fingerprint density at radius 3 is 3.05 bits per heavy atom. The number of carbonyl (C=O) groups excluding carboxylic acids is 1. The van der Waals surface area contributed by atoms with Crippen molar-refractivity contribution in [3.63, 3.8) is 0 Å². The maximum absolute atomic E-state index is 10.9. The molecule has 1 saturated heterocycles. The summed E-state index contributed by atoms with van der Waals surface area (Å²) in [5, 5.41) is 9.87. The molecule has 3 rings (SSSR count). The lowest BCUT2D eigenvalue weighted by Crippen LogP contribution is -2.42. The Kier molecular flexibility index (Phi) is 3.40. The number of hydrogen-bond donors (Lipinski definition) is 2. The van der Waals surface area contributed by atoms with Gasteiger partial charge in [0, 0.05) is 37.4 Å². The molecule has 1 amide bonds. The normalized spacial score (nSPS) is 28.6. The maximum atomic E-state index is 10.9. The molecule has 0 bridgehead atoms. The van der Waals surface area contributed by atoms with Gasteiger partial charge >= 0.3 is 0 Å². The van der Waals surface area contributed by atoms with Crippen molar-refractivity contribution in [2.24, 2.45) is 11.1 Å². The summed E-state index contributed by atoms with van der Waals surface area (Å²) >= 11 is 0. The molecule has 1 aromatic rings. The van der Waals surface area contributed by atoms with Gasteiger partial charge in [0.2, 0.25) is 5.91 Å². The average molecular weight is 276 g/mol. The molecule has 1 aromatic carbocycles. The predicted molar refractivity (Wildman–Crippen MR) is 74.4 cm³/mol. The van der Waals surface area contributed by atoms with Gasteiger partial charge in [-0.15, -0.1) is 0 Å². The van der Waals surface area contributed by atoms with Crippen LogP contribution in [0, 0.1) is 5.41 Å². The number of nitrogens with two attached hydrogens (primary N) is 1. The lowest BCUT2D eigenvalue weighted by atomic mass is 9.74. The summed E-state index contributed by atoms with van der Waals surface area (Å²) in [5.74, 6) is 0.887. The molecular weight excluding hydrogens is 256 g/mol. The molecule has 2 aliphatic rings. The van der Waals surface area contributed by atoms with Crippen LogP contribution < -0.4 is 10.5 Å². The Labute approximate surface area is 118 Å². The second-order valence-electron chi connectivity index (χ2n) is 5.85. The zero-order valence-electron chi connectivity index (χ0n) is 11.4. The summed E-state index contributed by atoms with van der Waals surface area (Å²) in [6.45, 7) is 2.86. The molecule has 5 heteroatoms. The number of primary amides is 1. The van der Waals surface area contributed by atoms with E-state index in [9.17, 15) is 9.90 Å². The maximum Gasteiger partial charge on any atom is 0.218 e. The van der Waals surface area contributed by atoms with Crippen LogP contribution in [0.3, 0.4) is 0 Å².